The molecule has 0 spiro atoms. The quantitative estimate of drug-likeness (QED) is 0.637. The van der Waals surface area contributed by atoms with Crippen LogP contribution in [0.15, 0.2) is 78.0 Å². The van der Waals surface area contributed by atoms with Gasteiger partial charge in [0.05, 0.1) is 5.71 Å². The lowest BCUT2D eigenvalue weighted by Crippen LogP contribution is -2.12. The van der Waals surface area contributed by atoms with Crippen molar-refractivity contribution in [2.45, 2.75) is 31.8 Å². The molecule has 0 N–H and O–H groups in total. The molecule has 0 bridgehead atoms. The Balaban J connectivity index is 1.38. The second-order valence-electron chi connectivity index (χ2n) is 6.42. The predicted molar refractivity (Wildman–Crippen MR) is 99.3 cm³/mol. The zero-order valence-corrected chi connectivity index (χ0v) is 13.7. The number of nitrogens with zero attached hydrogens (tertiary/aromatic N) is 1. The van der Waals surface area contributed by atoms with E-state index in [1.54, 1.807) is 0 Å². The third-order valence-electron chi connectivity index (χ3n) is 4.67. The van der Waals surface area contributed by atoms with E-state index in [2.05, 4.69) is 78.0 Å². The van der Waals surface area contributed by atoms with Crippen LogP contribution in [0, 0.1) is 0 Å². The highest BCUT2D eigenvalue weighted by atomic mass is 16.6. The molecule has 4 rings (SSSR count). The number of rotatable bonds is 5. The third kappa shape index (κ3) is 3.33. The maximum absolute atomic E-state index is 5.69. The summed E-state index contributed by atoms with van der Waals surface area (Å²) < 4.78 is 0. The molecule has 1 atom stereocenters. The van der Waals surface area contributed by atoms with Crippen molar-refractivity contribution < 1.29 is 4.84 Å². The Morgan fingerprint density at radius 1 is 0.833 bits per heavy atom. The monoisotopic (exact) mass is 315 g/mol. The van der Waals surface area contributed by atoms with Gasteiger partial charge in [-0.1, -0.05) is 78.0 Å². The molecule has 2 heteroatoms. The Morgan fingerprint density at radius 2 is 1.62 bits per heavy atom. The zero-order valence-electron chi connectivity index (χ0n) is 13.7. The van der Waals surface area contributed by atoms with Crippen LogP contribution < -0.4 is 0 Å². The summed E-state index contributed by atoms with van der Waals surface area (Å²) in [6.45, 7) is 0. The van der Waals surface area contributed by atoms with E-state index in [4.69, 9.17) is 4.84 Å². The Hall–Kier alpha value is -2.61. The van der Waals surface area contributed by atoms with E-state index in [1.165, 1.54) is 27.6 Å². The van der Waals surface area contributed by atoms with E-state index >= 15 is 0 Å². The van der Waals surface area contributed by atoms with Crippen LogP contribution in [0.3, 0.4) is 0 Å². The average Bonchev–Trinajstić information content (AvgIpc) is 3.09. The van der Waals surface area contributed by atoms with Gasteiger partial charge in [0.2, 0.25) is 0 Å². The number of benzene rings is 3. The van der Waals surface area contributed by atoms with Gasteiger partial charge >= 0.3 is 0 Å². The number of hydrogen-bond donors (Lipinski definition) is 0. The van der Waals surface area contributed by atoms with E-state index in [0.717, 1.165) is 25.7 Å². The minimum absolute atomic E-state index is 0.168. The van der Waals surface area contributed by atoms with Gasteiger partial charge in [0.25, 0.3) is 0 Å². The average molecular weight is 315 g/mol. The smallest absolute Gasteiger partial charge is 0.136 e. The van der Waals surface area contributed by atoms with E-state index < -0.39 is 0 Å². The fraction of sp³-hybridized carbons (Fsp3) is 0.227. The largest absolute Gasteiger partial charge is 0.392 e. The first kappa shape index (κ1) is 14.9. The van der Waals surface area contributed by atoms with Crippen LogP contribution in [0.5, 0.6) is 0 Å². The van der Waals surface area contributed by atoms with Gasteiger partial charge < -0.3 is 4.84 Å². The number of oxime groups is 1. The molecule has 1 aliphatic heterocycles. The van der Waals surface area contributed by atoms with Crippen molar-refractivity contribution in [2.75, 3.05) is 0 Å². The first-order valence-corrected chi connectivity index (χ1v) is 8.60. The summed E-state index contributed by atoms with van der Waals surface area (Å²) in [5, 5.41) is 6.94. The van der Waals surface area contributed by atoms with Crippen molar-refractivity contribution in [2.24, 2.45) is 5.16 Å². The lowest BCUT2D eigenvalue weighted by molar-refractivity contribution is 0.0861. The topological polar surface area (TPSA) is 21.6 Å². The van der Waals surface area contributed by atoms with Crippen molar-refractivity contribution in [3.05, 3.63) is 83.9 Å². The van der Waals surface area contributed by atoms with Gasteiger partial charge in [-0.05, 0) is 34.7 Å². The summed E-state index contributed by atoms with van der Waals surface area (Å²) in [4.78, 5) is 5.69. The number of hydrogen-bond acceptors (Lipinski definition) is 2. The Kier molecular flexibility index (Phi) is 4.28. The Morgan fingerprint density at radius 3 is 2.54 bits per heavy atom. The van der Waals surface area contributed by atoms with Gasteiger partial charge in [0, 0.05) is 12.8 Å². The van der Waals surface area contributed by atoms with Crippen molar-refractivity contribution in [3.63, 3.8) is 0 Å². The van der Waals surface area contributed by atoms with Crippen molar-refractivity contribution in [3.8, 4) is 0 Å². The molecule has 0 fully saturated rings. The maximum atomic E-state index is 5.69. The van der Waals surface area contributed by atoms with Gasteiger partial charge in [-0.3, -0.25) is 0 Å². The highest BCUT2D eigenvalue weighted by Gasteiger charge is 2.21. The van der Waals surface area contributed by atoms with Crippen LogP contribution >= 0.6 is 0 Å². The molecule has 0 aliphatic carbocycles. The van der Waals surface area contributed by atoms with E-state index in [1.807, 2.05) is 0 Å². The van der Waals surface area contributed by atoms with Crippen LogP contribution in [-0.4, -0.2) is 11.8 Å². The van der Waals surface area contributed by atoms with Crippen LogP contribution in [-0.2, 0) is 17.7 Å². The lowest BCUT2D eigenvalue weighted by Gasteiger charge is -2.11. The van der Waals surface area contributed by atoms with Gasteiger partial charge in [-0.25, -0.2) is 0 Å². The molecule has 0 amide bonds. The van der Waals surface area contributed by atoms with Crippen LogP contribution in [0.25, 0.3) is 10.8 Å². The van der Waals surface area contributed by atoms with Crippen molar-refractivity contribution in [1.29, 1.82) is 0 Å². The molecule has 120 valence electrons. The molecule has 0 radical (unpaired) electrons. The Labute approximate surface area is 142 Å². The molecule has 0 saturated heterocycles. The number of fused-ring (bicyclic) bond motifs is 1. The summed E-state index contributed by atoms with van der Waals surface area (Å²) in [6.07, 6.45) is 4.04. The molecule has 1 aliphatic rings. The standard InChI is InChI=1S/C22H21NO/c1-2-7-17(8-3-1)13-14-20-16-21(24-23-20)15-19-11-6-10-18-9-4-5-12-22(18)19/h1-12,21H,13-16H2. The third-order valence-corrected chi connectivity index (χ3v) is 4.67. The minimum Gasteiger partial charge on any atom is -0.392 e. The Bertz CT molecular complexity index is 849. The van der Waals surface area contributed by atoms with Gasteiger partial charge in [-0.2, -0.15) is 0 Å². The SMILES string of the molecule is c1ccc(CCC2=NOC(Cc3cccc4ccccc34)C2)cc1. The molecule has 1 heterocycles. The molecule has 0 aromatic heterocycles. The lowest BCUT2D eigenvalue weighted by atomic mass is 9.97. The van der Waals surface area contributed by atoms with Crippen LogP contribution in [0.1, 0.15) is 24.0 Å². The van der Waals surface area contributed by atoms with E-state index in [9.17, 15) is 0 Å². The molecular formula is C22H21NO. The summed E-state index contributed by atoms with van der Waals surface area (Å²) in [5.41, 5.74) is 3.89. The first-order chi connectivity index (χ1) is 11.9. The van der Waals surface area contributed by atoms with Crippen molar-refractivity contribution >= 4 is 16.5 Å². The minimum atomic E-state index is 0.168. The van der Waals surface area contributed by atoms with Crippen LogP contribution in [0.4, 0.5) is 0 Å². The molecule has 1 unspecified atom stereocenters. The summed E-state index contributed by atoms with van der Waals surface area (Å²) in [7, 11) is 0. The fourth-order valence-electron chi connectivity index (χ4n) is 3.39. The fourth-order valence-corrected chi connectivity index (χ4v) is 3.39. The molecule has 3 aromatic carbocycles. The predicted octanol–water partition coefficient (Wildman–Crippen LogP) is 5.16. The highest BCUT2D eigenvalue weighted by molar-refractivity contribution is 5.87. The van der Waals surface area contributed by atoms with E-state index in [-0.39, 0.29) is 6.10 Å². The highest BCUT2D eigenvalue weighted by Crippen LogP contribution is 2.24. The first-order valence-electron chi connectivity index (χ1n) is 8.60. The second kappa shape index (κ2) is 6.88. The van der Waals surface area contributed by atoms with Gasteiger partial charge in [-0.15, -0.1) is 0 Å². The molecule has 24 heavy (non-hydrogen) atoms. The van der Waals surface area contributed by atoms with E-state index in [0.29, 0.717) is 0 Å². The molecule has 2 nitrogen and oxygen atoms in total. The normalized spacial score (nSPS) is 16.8. The second-order valence-corrected chi connectivity index (χ2v) is 6.42. The van der Waals surface area contributed by atoms with Crippen molar-refractivity contribution in [1.82, 2.24) is 0 Å². The molecule has 0 saturated carbocycles. The number of aryl methyl sites for hydroxylation is 1. The van der Waals surface area contributed by atoms with Gasteiger partial charge in [0.1, 0.15) is 6.10 Å². The van der Waals surface area contributed by atoms with Gasteiger partial charge in [0.15, 0.2) is 0 Å². The van der Waals surface area contributed by atoms with Crippen LogP contribution in [0.2, 0.25) is 0 Å². The maximum Gasteiger partial charge on any atom is 0.136 e. The summed E-state index contributed by atoms with van der Waals surface area (Å²) >= 11 is 0. The molecule has 3 aromatic rings. The summed E-state index contributed by atoms with van der Waals surface area (Å²) in [6, 6.07) is 25.6. The summed E-state index contributed by atoms with van der Waals surface area (Å²) in [5.74, 6) is 0. The zero-order chi connectivity index (χ0) is 16.2. The molecular weight excluding hydrogens is 294 g/mol.